The van der Waals surface area contributed by atoms with Gasteiger partial charge < -0.3 is 14.9 Å². The summed E-state index contributed by atoms with van der Waals surface area (Å²) in [4.78, 5) is 12.8. The molecule has 0 aromatic heterocycles. The zero-order chi connectivity index (χ0) is 21.1. The highest BCUT2D eigenvalue weighted by Gasteiger charge is 2.23. The summed E-state index contributed by atoms with van der Waals surface area (Å²) in [6, 6.07) is 0. The number of aliphatic hydroxyl groups excluding tert-OH is 1. The Morgan fingerprint density at radius 2 is 1.87 bits per heavy atom. The number of carbonyl (C=O) groups excluding carboxylic acids is 1. The van der Waals surface area contributed by atoms with Crippen molar-refractivity contribution >= 4 is 5.78 Å². The lowest BCUT2D eigenvalue weighted by Crippen LogP contribution is -2.15. The van der Waals surface area contributed by atoms with Gasteiger partial charge in [-0.05, 0) is 40.9 Å². The van der Waals surface area contributed by atoms with Gasteiger partial charge in [-0.25, -0.2) is 0 Å². The van der Waals surface area contributed by atoms with E-state index in [0.717, 1.165) is 22.3 Å². The van der Waals surface area contributed by atoms with Crippen LogP contribution >= 0.6 is 0 Å². The quantitative estimate of drug-likeness (QED) is 0.606. The van der Waals surface area contributed by atoms with Crippen molar-refractivity contribution in [1.82, 2.24) is 0 Å². The van der Waals surface area contributed by atoms with Gasteiger partial charge in [0.1, 0.15) is 0 Å². The standard InChI is InChI=1S/C26H26O4/c1-17-10-23(14-21-4-2-3-5-24(17)21)25(27)9-7-18-11-20-8-6-19(13-22(20)12-18)15-30-16-26(28)29/h2-6,8,10-14,22,24,26,28-29H,1,7,9,15-16H2. The molecule has 4 aliphatic carbocycles. The summed E-state index contributed by atoms with van der Waals surface area (Å²) in [7, 11) is 0. The molecule has 0 aliphatic heterocycles. The molecule has 0 fully saturated rings. The van der Waals surface area contributed by atoms with E-state index in [2.05, 4.69) is 37.0 Å². The molecule has 154 valence electrons. The van der Waals surface area contributed by atoms with E-state index in [1.165, 1.54) is 11.1 Å². The third kappa shape index (κ3) is 4.68. The van der Waals surface area contributed by atoms with Crippen LogP contribution in [0.1, 0.15) is 12.8 Å². The molecule has 0 bridgehead atoms. The van der Waals surface area contributed by atoms with E-state index in [9.17, 15) is 4.79 Å². The molecular weight excluding hydrogens is 376 g/mol. The van der Waals surface area contributed by atoms with Crippen LogP contribution in [0, 0.1) is 11.8 Å². The number of hydrogen-bond donors (Lipinski definition) is 2. The highest BCUT2D eigenvalue weighted by atomic mass is 16.5. The average Bonchev–Trinajstić information content (AvgIpc) is 3.14. The Morgan fingerprint density at radius 1 is 1.03 bits per heavy atom. The first-order valence-corrected chi connectivity index (χ1v) is 10.2. The van der Waals surface area contributed by atoms with E-state index in [-0.39, 0.29) is 24.2 Å². The number of ketones is 1. The smallest absolute Gasteiger partial charge is 0.175 e. The van der Waals surface area contributed by atoms with Crippen LogP contribution in [0.3, 0.4) is 0 Å². The van der Waals surface area contributed by atoms with Gasteiger partial charge >= 0.3 is 0 Å². The van der Waals surface area contributed by atoms with E-state index in [4.69, 9.17) is 14.9 Å². The van der Waals surface area contributed by atoms with Crippen molar-refractivity contribution in [3.8, 4) is 0 Å². The summed E-state index contributed by atoms with van der Waals surface area (Å²) in [6.07, 6.45) is 22.3. The fraction of sp³-hybridized carbons (Fsp3) is 0.269. The van der Waals surface area contributed by atoms with Crippen molar-refractivity contribution in [3.05, 3.63) is 107 Å². The largest absolute Gasteiger partial charge is 0.372 e. The fourth-order valence-corrected chi connectivity index (χ4v) is 4.12. The lowest BCUT2D eigenvalue weighted by molar-refractivity contribution is -0.115. The normalized spacial score (nSPS) is 24.1. The maximum Gasteiger partial charge on any atom is 0.175 e. The van der Waals surface area contributed by atoms with Crippen LogP contribution < -0.4 is 0 Å². The minimum Gasteiger partial charge on any atom is -0.372 e. The van der Waals surface area contributed by atoms with Crippen LogP contribution in [0.4, 0.5) is 0 Å². The Morgan fingerprint density at radius 3 is 2.70 bits per heavy atom. The molecule has 4 nitrogen and oxygen atoms in total. The third-order valence-corrected chi connectivity index (χ3v) is 5.64. The molecule has 4 heteroatoms. The molecule has 4 rings (SSSR count). The van der Waals surface area contributed by atoms with Crippen LogP contribution in [0.25, 0.3) is 0 Å². The molecule has 0 amide bonds. The van der Waals surface area contributed by atoms with Crippen molar-refractivity contribution in [2.75, 3.05) is 13.2 Å². The highest BCUT2D eigenvalue weighted by Crippen LogP contribution is 2.35. The second kappa shape index (κ2) is 8.92. The van der Waals surface area contributed by atoms with Gasteiger partial charge in [0.15, 0.2) is 12.1 Å². The zero-order valence-electron chi connectivity index (χ0n) is 16.8. The molecular formula is C26H26O4. The summed E-state index contributed by atoms with van der Waals surface area (Å²) in [5.41, 5.74) is 6.20. The summed E-state index contributed by atoms with van der Waals surface area (Å²) < 4.78 is 5.27. The number of aliphatic hydroxyl groups is 2. The van der Waals surface area contributed by atoms with Crippen LogP contribution in [-0.2, 0) is 9.53 Å². The van der Waals surface area contributed by atoms with Crippen molar-refractivity contribution < 1.29 is 19.7 Å². The number of allylic oxidation sites excluding steroid dienone is 15. The van der Waals surface area contributed by atoms with Crippen molar-refractivity contribution in [2.45, 2.75) is 19.1 Å². The van der Waals surface area contributed by atoms with Crippen molar-refractivity contribution in [2.24, 2.45) is 11.8 Å². The fourth-order valence-electron chi connectivity index (χ4n) is 4.12. The topological polar surface area (TPSA) is 66.8 Å². The van der Waals surface area contributed by atoms with Gasteiger partial charge in [-0.3, -0.25) is 4.79 Å². The first kappa shape index (κ1) is 20.5. The van der Waals surface area contributed by atoms with Gasteiger partial charge in [0.25, 0.3) is 0 Å². The molecule has 2 unspecified atom stereocenters. The first-order chi connectivity index (χ1) is 14.5. The number of Topliss-reactive ketones (excluding diaryl/α,β-unsaturated/α-hetero) is 1. The molecule has 30 heavy (non-hydrogen) atoms. The van der Waals surface area contributed by atoms with Crippen molar-refractivity contribution in [1.29, 1.82) is 0 Å². The Bertz CT molecular complexity index is 992. The summed E-state index contributed by atoms with van der Waals surface area (Å²) in [5.74, 6) is 0.518. The van der Waals surface area contributed by atoms with Gasteiger partial charge in [-0.15, -0.1) is 0 Å². The maximum absolute atomic E-state index is 12.8. The van der Waals surface area contributed by atoms with E-state index in [1.54, 1.807) is 0 Å². The molecule has 4 aliphatic rings. The number of carbonyl (C=O) groups is 1. The number of ether oxygens (including phenoxy) is 1. The minimum atomic E-state index is -1.45. The molecule has 2 atom stereocenters. The zero-order valence-corrected chi connectivity index (χ0v) is 16.8. The number of hydrogen-bond acceptors (Lipinski definition) is 4. The lowest BCUT2D eigenvalue weighted by atomic mass is 9.81. The van der Waals surface area contributed by atoms with Gasteiger partial charge in [0.05, 0.1) is 13.2 Å². The Labute approximate surface area is 176 Å². The minimum absolute atomic E-state index is 0.104. The second-order valence-electron chi connectivity index (χ2n) is 7.95. The predicted molar refractivity (Wildman–Crippen MR) is 117 cm³/mol. The maximum atomic E-state index is 12.8. The van der Waals surface area contributed by atoms with E-state index >= 15 is 0 Å². The van der Waals surface area contributed by atoms with Gasteiger partial charge in [-0.1, -0.05) is 66.8 Å². The Hall–Kier alpha value is -2.79. The monoisotopic (exact) mass is 402 g/mol. The van der Waals surface area contributed by atoms with Crippen LogP contribution in [0.15, 0.2) is 107 Å². The summed E-state index contributed by atoms with van der Waals surface area (Å²) in [6.45, 7) is 4.37. The van der Waals surface area contributed by atoms with Crippen LogP contribution in [0.2, 0.25) is 0 Å². The lowest BCUT2D eigenvalue weighted by Gasteiger charge is -2.22. The number of fused-ring (bicyclic) bond motifs is 2. The Balaban J connectivity index is 1.34. The van der Waals surface area contributed by atoms with Gasteiger partial charge in [0.2, 0.25) is 0 Å². The van der Waals surface area contributed by atoms with Crippen LogP contribution in [0.5, 0.6) is 0 Å². The molecule has 0 heterocycles. The molecule has 0 saturated heterocycles. The molecule has 0 spiro atoms. The average molecular weight is 402 g/mol. The van der Waals surface area contributed by atoms with Crippen LogP contribution in [-0.4, -0.2) is 35.5 Å². The van der Waals surface area contributed by atoms with Gasteiger partial charge in [-0.2, -0.15) is 0 Å². The van der Waals surface area contributed by atoms with Gasteiger partial charge in [0, 0.05) is 23.8 Å². The molecule has 2 N–H and O–H groups in total. The number of rotatable bonds is 8. The first-order valence-electron chi connectivity index (χ1n) is 10.2. The Kier molecular flexibility index (Phi) is 6.09. The van der Waals surface area contributed by atoms with E-state index in [1.807, 2.05) is 36.5 Å². The summed E-state index contributed by atoms with van der Waals surface area (Å²) in [5, 5.41) is 17.7. The molecule has 0 radical (unpaired) electrons. The molecule has 0 saturated carbocycles. The van der Waals surface area contributed by atoms with E-state index in [0.29, 0.717) is 19.4 Å². The van der Waals surface area contributed by atoms with E-state index < -0.39 is 6.29 Å². The van der Waals surface area contributed by atoms with Crippen molar-refractivity contribution in [3.63, 3.8) is 0 Å². The molecule has 0 aromatic rings. The third-order valence-electron chi connectivity index (χ3n) is 5.64. The molecule has 0 aromatic carbocycles. The highest BCUT2D eigenvalue weighted by molar-refractivity contribution is 5.99. The second-order valence-corrected chi connectivity index (χ2v) is 7.95. The SMILES string of the molecule is C=C1C=C(C(=O)CCC2=CC3C=C(COCC(O)O)C=CC3=C2)C=C2C=CC=CC12. The predicted octanol–water partition coefficient (Wildman–Crippen LogP) is 3.81. The summed E-state index contributed by atoms with van der Waals surface area (Å²) >= 11 is 0.